The summed E-state index contributed by atoms with van der Waals surface area (Å²) in [6.45, 7) is 3.64. The second kappa shape index (κ2) is 8.82. The number of benzene rings is 2. The third kappa shape index (κ3) is 4.68. The number of carbonyl (C=O) groups is 2. The third-order valence-corrected chi connectivity index (χ3v) is 5.14. The Bertz CT molecular complexity index is 1040. The van der Waals surface area contributed by atoms with Crippen molar-refractivity contribution >= 4 is 17.8 Å². The van der Waals surface area contributed by atoms with E-state index in [0.717, 1.165) is 35.2 Å². The number of hydrogen-bond donors (Lipinski definition) is 2. The van der Waals surface area contributed by atoms with Crippen LogP contribution in [0.2, 0.25) is 0 Å². The number of anilines is 1. The SMILES string of the molecule is Cc1cc(NC(=O)NCc2ccccc2-c2ccc(CN3CCCC3=O)cc2)no1. The molecule has 0 spiro atoms. The lowest BCUT2D eigenvalue weighted by atomic mass is 9.98. The molecule has 0 radical (unpaired) electrons. The van der Waals surface area contributed by atoms with E-state index in [9.17, 15) is 9.59 Å². The van der Waals surface area contributed by atoms with Gasteiger partial charge in [-0.15, -0.1) is 0 Å². The van der Waals surface area contributed by atoms with Gasteiger partial charge in [-0.3, -0.25) is 10.1 Å². The first-order chi connectivity index (χ1) is 14.6. The molecule has 2 N–H and O–H groups in total. The maximum Gasteiger partial charge on any atom is 0.320 e. The van der Waals surface area contributed by atoms with Crippen LogP contribution in [0, 0.1) is 6.92 Å². The largest absolute Gasteiger partial charge is 0.360 e. The molecule has 0 aliphatic carbocycles. The van der Waals surface area contributed by atoms with Crippen LogP contribution < -0.4 is 10.6 Å². The molecule has 0 unspecified atom stereocenters. The van der Waals surface area contributed by atoms with Crippen LogP contribution in [0.5, 0.6) is 0 Å². The number of nitrogens with one attached hydrogen (secondary N) is 2. The second-order valence-corrected chi connectivity index (χ2v) is 7.40. The molecule has 4 rings (SSSR count). The van der Waals surface area contributed by atoms with E-state index in [-0.39, 0.29) is 11.9 Å². The molecule has 1 aromatic heterocycles. The predicted molar refractivity (Wildman–Crippen MR) is 114 cm³/mol. The summed E-state index contributed by atoms with van der Waals surface area (Å²) in [6, 6.07) is 17.5. The van der Waals surface area contributed by atoms with Gasteiger partial charge in [0.2, 0.25) is 5.91 Å². The summed E-state index contributed by atoms with van der Waals surface area (Å²) in [5, 5.41) is 9.26. The van der Waals surface area contributed by atoms with E-state index in [1.165, 1.54) is 0 Å². The van der Waals surface area contributed by atoms with Crippen molar-refractivity contribution in [3.63, 3.8) is 0 Å². The quantitative estimate of drug-likeness (QED) is 0.648. The van der Waals surface area contributed by atoms with Crippen molar-refractivity contribution in [1.29, 1.82) is 0 Å². The lowest BCUT2D eigenvalue weighted by molar-refractivity contribution is -0.128. The summed E-state index contributed by atoms with van der Waals surface area (Å²) < 4.78 is 4.95. The average Bonchev–Trinajstić information content (AvgIpc) is 3.35. The number of aryl methyl sites for hydroxylation is 1. The van der Waals surface area contributed by atoms with Crippen LogP contribution in [-0.4, -0.2) is 28.5 Å². The highest BCUT2D eigenvalue weighted by atomic mass is 16.5. The van der Waals surface area contributed by atoms with E-state index in [1.807, 2.05) is 29.2 Å². The minimum absolute atomic E-state index is 0.231. The van der Waals surface area contributed by atoms with Crippen molar-refractivity contribution < 1.29 is 14.1 Å². The molecule has 0 atom stereocenters. The maximum absolute atomic E-state index is 12.1. The highest BCUT2D eigenvalue weighted by molar-refractivity contribution is 5.88. The zero-order valence-corrected chi connectivity index (χ0v) is 16.9. The first-order valence-electron chi connectivity index (χ1n) is 10.0. The molecule has 1 aliphatic heterocycles. The second-order valence-electron chi connectivity index (χ2n) is 7.40. The number of likely N-dealkylation sites (tertiary alicyclic amines) is 1. The minimum atomic E-state index is -0.344. The lowest BCUT2D eigenvalue weighted by Crippen LogP contribution is -2.28. The highest BCUT2D eigenvalue weighted by Gasteiger charge is 2.19. The highest BCUT2D eigenvalue weighted by Crippen LogP contribution is 2.25. The smallest absolute Gasteiger partial charge is 0.320 e. The Morgan fingerprint density at radius 3 is 2.67 bits per heavy atom. The number of urea groups is 1. The van der Waals surface area contributed by atoms with Crippen molar-refractivity contribution in [1.82, 2.24) is 15.4 Å². The summed E-state index contributed by atoms with van der Waals surface area (Å²) >= 11 is 0. The van der Waals surface area contributed by atoms with Gasteiger partial charge in [0.25, 0.3) is 0 Å². The zero-order chi connectivity index (χ0) is 20.9. The molecule has 7 heteroatoms. The van der Waals surface area contributed by atoms with Crippen LogP contribution in [0.1, 0.15) is 29.7 Å². The Morgan fingerprint density at radius 1 is 1.17 bits per heavy atom. The van der Waals surface area contributed by atoms with E-state index >= 15 is 0 Å². The molecular weight excluding hydrogens is 380 g/mol. The third-order valence-electron chi connectivity index (χ3n) is 5.14. The molecule has 3 amide bonds. The van der Waals surface area contributed by atoms with Crippen molar-refractivity contribution in [3.05, 3.63) is 71.5 Å². The number of hydrogen-bond acceptors (Lipinski definition) is 4. The lowest BCUT2D eigenvalue weighted by Gasteiger charge is -2.16. The van der Waals surface area contributed by atoms with Gasteiger partial charge < -0.3 is 14.7 Å². The molecule has 1 saturated heterocycles. The van der Waals surface area contributed by atoms with Crippen LogP contribution in [0.4, 0.5) is 10.6 Å². The predicted octanol–water partition coefficient (Wildman–Crippen LogP) is 4.09. The summed E-state index contributed by atoms with van der Waals surface area (Å²) in [5.74, 6) is 1.24. The van der Waals surface area contributed by atoms with Gasteiger partial charge in [0.1, 0.15) is 5.76 Å². The fourth-order valence-corrected chi connectivity index (χ4v) is 3.60. The zero-order valence-electron chi connectivity index (χ0n) is 16.9. The molecule has 7 nitrogen and oxygen atoms in total. The molecule has 30 heavy (non-hydrogen) atoms. The van der Waals surface area contributed by atoms with E-state index in [0.29, 0.717) is 31.1 Å². The van der Waals surface area contributed by atoms with Crippen LogP contribution in [0.3, 0.4) is 0 Å². The normalized spacial score (nSPS) is 13.5. The van der Waals surface area contributed by atoms with Gasteiger partial charge in [-0.2, -0.15) is 0 Å². The molecular formula is C23H24N4O3. The minimum Gasteiger partial charge on any atom is -0.360 e. The number of rotatable bonds is 6. The summed E-state index contributed by atoms with van der Waals surface area (Å²) in [5.41, 5.74) is 4.24. The van der Waals surface area contributed by atoms with Crippen molar-refractivity contribution in [2.24, 2.45) is 0 Å². The number of carbonyl (C=O) groups excluding carboxylic acids is 2. The van der Waals surface area contributed by atoms with Crippen LogP contribution in [-0.2, 0) is 17.9 Å². The maximum atomic E-state index is 12.1. The van der Waals surface area contributed by atoms with Gasteiger partial charge in [0.15, 0.2) is 5.82 Å². The first-order valence-corrected chi connectivity index (χ1v) is 10.0. The molecule has 1 aliphatic rings. The molecule has 1 fully saturated rings. The topological polar surface area (TPSA) is 87.5 Å². The van der Waals surface area contributed by atoms with E-state index in [1.54, 1.807) is 13.0 Å². The average molecular weight is 404 g/mol. The van der Waals surface area contributed by atoms with E-state index < -0.39 is 0 Å². The standard InChI is InChI=1S/C23H24N4O3/c1-16-13-21(26-30-16)25-23(29)24-14-19-5-2-3-6-20(19)18-10-8-17(9-11-18)15-27-12-4-7-22(27)28/h2-3,5-6,8-11,13H,4,7,12,14-15H2,1H3,(H2,24,25,26,29). The number of amides is 3. The Labute approximate surface area is 175 Å². The van der Waals surface area contributed by atoms with E-state index in [4.69, 9.17) is 4.52 Å². The van der Waals surface area contributed by atoms with Crippen molar-refractivity contribution in [3.8, 4) is 11.1 Å². The molecule has 2 heterocycles. The van der Waals surface area contributed by atoms with Gasteiger partial charge in [0.05, 0.1) is 0 Å². The van der Waals surface area contributed by atoms with Crippen molar-refractivity contribution in [2.45, 2.75) is 32.9 Å². The monoisotopic (exact) mass is 404 g/mol. The fraction of sp³-hybridized carbons (Fsp3) is 0.261. The van der Waals surface area contributed by atoms with Gasteiger partial charge in [-0.25, -0.2) is 4.79 Å². The Morgan fingerprint density at radius 2 is 1.97 bits per heavy atom. The molecule has 154 valence electrons. The molecule has 0 saturated carbocycles. The molecule has 3 aromatic rings. The molecule has 0 bridgehead atoms. The Kier molecular flexibility index (Phi) is 5.79. The van der Waals surface area contributed by atoms with Crippen LogP contribution in [0.25, 0.3) is 11.1 Å². The fourth-order valence-electron chi connectivity index (χ4n) is 3.60. The number of nitrogens with zero attached hydrogens (tertiary/aromatic N) is 2. The number of aromatic nitrogens is 1. The molecule has 2 aromatic carbocycles. The van der Waals surface area contributed by atoms with Crippen LogP contribution >= 0.6 is 0 Å². The summed E-state index contributed by atoms with van der Waals surface area (Å²) in [7, 11) is 0. The summed E-state index contributed by atoms with van der Waals surface area (Å²) in [6.07, 6.45) is 1.60. The summed E-state index contributed by atoms with van der Waals surface area (Å²) in [4.78, 5) is 25.9. The first kappa shape index (κ1) is 19.7. The van der Waals surface area contributed by atoms with Gasteiger partial charge >= 0.3 is 6.03 Å². The Balaban J connectivity index is 1.41. The van der Waals surface area contributed by atoms with Gasteiger partial charge in [0, 0.05) is 32.1 Å². The van der Waals surface area contributed by atoms with Crippen LogP contribution in [0.15, 0.2) is 59.1 Å². The van der Waals surface area contributed by atoms with E-state index in [2.05, 4.69) is 40.1 Å². The van der Waals surface area contributed by atoms with Crippen molar-refractivity contribution in [2.75, 3.05) is 11.9 Å². The van der Waals surface area contributed by atoms with Gasteiger partial charge in [-0.1, -0.05) is 53.7 Å². The van der Waals surface area contributed by atoms with Gasteiger partial charge in [-0.05, 0) is 35.6 Å². The Hall–Kier alpha value is -3.61.